The van der Waals surface area contributed by atoms with Crippen LogP contribution in [-0.4, -0.2) is 100 Å². The molecule has 2 atom stereocenters. The number of esters is 1. The Morgan fingerprint density at radius 3 is 2.72 bits per heavy atom. The van der Waals surface area contributed by atoms with Crippen molar-refractivity contribution < 1.29 is 28.5 Å². The second-order valence-corrected chi connectivity index (χ2v) is 12.8. The van der Waals surface area contributed by atoms with Crippen LogP contribution in [-0.2, 0) is 25.6 Å². The number of nitrogens with two attached hydrogens (primary N) is 1. The molecule has 3 aliphatic rings. The van der Waals surface area contributed by atoms with Gasteiger partial charge in [0.05, 0.1) is 6.61 Å². The molecule has 15 heteroatoms. The Balaban J connectivity index is 1.07. The highest BCUT2D eigenvalue weighted by atomic mass is 79.9. The van der Waals surface area contributed by atoms with E-state index in [1.165, 1.54) is 18.1 Å². The molecule has 0 unspecified atom stereocenters. The van der Waals surface area contributed by atoms with Crippen molar-refractivity contribution in [3.05, 3.63) is 22.9 Å². The zero-order valence-electron chi connectivity index (χ0n) is 24.0. The third kappa shape index (κ3) is 6.54. The summed E-state index contributed by atoms with van der Waals surface area (Å²) < 4.78 is 25.0. The summed E-state index contributed by atoms with van der Waals surface area (Å²) in [5.74, 6) is 1.47. The number of likely N-dealkylation sites (tertiary alicyclic amines) is 1. The maximum absolute atomic E-state index is 13.1. The van der Waals surface area contributed by atoms with E-state index in [1.54, 1.807) is 11.8 Å². The molecule has 2 fully saturated rings. The fraction of sp³-hybridized carbons (Fsp3) is 0.536. The van der Waals surface area contributed by atoms with Crippen LogP contribution < -0.4 is 15.2 Å². The van der Waals surface area contributed by atoms with Crippen LogP contribution in [0.1, 0.15) is 26.2 Å². The van der Waals surface area contributed by atoms with Gasteiger partial charge in [-0.2, -0.15) is 0 Å². The van der Waals surface area contributed by atoms with Crippen molar-refractivity contribution in [2.45, 2.75) is 55.0 Å². The number of rotatable bonds is 8. The Morgan fingerprint density at radius 1 is 1.19 bits per heavy atom. The van der Waals surface area contributed by atoms with E-state index >= 15 is 0 Å². The predicted octanol–water partition coefficient (Wildman–Crippen LogP) is 2.94. The second kappa shape index (κ2) is 12.8. The summed E-state index contributed by atoms with van der Waals surface area (Å²) in [6, 6.07) is 3.83. The molecular formula is C28H34BrN7O6S. The minimum atomic E-state index is -0.850. The van der Waals surface area contributed by atoms with E-state index in [4.69, 9.17) is 29.7 Å². The number of nitrogens with zero attached hydrogens (tertiary/aromatic N) is 6. The molecule has 3 aromatic rings. The summed E-state index contributed by atoms with van der Waals surface area (Å²) in [6.45, 7) is 5.43. The number of carbonyl (C=O) groups excluding carboxylic acids is 2. The molecule has 0 bridgehead atoms. The number of hydrogen-bond donors (Lipinski definition) is 1. The smallest absolute Gasteiger partial charge is 0.337 e. The van der Waals surface area contributed by atoms with Crippen molar-refractivity contribution in [2.24, 2.45) is 5.92 Å². The number of anilines is 1. The number of fused-ring (bicyclic) bond motifs is 2. The summed E-state index contributed by atoms with van der Waals surface area (Å²) in [5.41, 5.74) is 7.41. The van der Waals surface area contributed by atoms with Gasteiger partial charge in [-0.3, -0.25) is 4.79 Å². The van der Waals surface area contributed by atoms with Crippen LogP contribution in [0.25, 0.3) is 11.2 Å². The van der Waals surface area contributed by atoms with Crippen molar-refractivity contribution in [3.8, 4) is 11.5 Å². The molecule has 1 amide bonds. The predicted molar refractivity (Wildman–Crippen MR) is 161 cm³/mol. The van der Waals surface area contributed by atoms with Crippen LogP contribution in [0.5, 0.6) is 11.5 Å². The average molecular weight is 677 g/mol. The maximum atomic E-state index is 13.1. The van der Waals surface area contributed by atoms with Gasteiger partial charge in [0.15, 0.2) is 45.8 Å². The molecule has 0 aliphatic carbocycles. The molecule has 2 aromatic heterocycles. The molecule has 0 saturated carbocycles. The number of likely N-dealkylation sites (N-methyl/N-ethyl adjacent to an activating group) is 1. The number of nitrogen functional groups attached to an aromatic ring is 1. The molecule has 6 rings (SSSR count). The third-order valence-electron chi connectivity index (χ3n) is 8.01. The molecule has 5 heterocycles. The van der Waals surface area contributed by atoms with Crippen LogP contribution in [0.3, 0.4) is 0 Å². The average Bonchev–Trinajstić information content (AvgIpc) is 3.60. The second-order valence-electron chi connectivity index (χ2n) is 11.0. The third-order valence-corrected chi connectivity index (χ3v) is 9.98. The minimum absolute atomic E-state index is 0.170. The first-order chi connectivity index (χ1) is 20.8. The van der Waals surface area contributed by atoms with Gasteiger partial charge in [0, 0.05) is 42.1 Å². The van der Waals surface area contributed by atoms with Gasteiger partial charge in [-0.25, -0.2) is 19.7 Å². The van der Waals surface area contributed by atoms with E-state index in [1.807, 2.05) is 24.1 Å². The molecule has 0 spiro atoms. The lowest BCUT2D eigenvalue weighted by Crippen LogP contribution is -2.48. The van der Waals surface area contributed by atoms with Gasteiger partial charge in [-0.05, 0) is 67.2 Å². The molecule has 3 aliphatic heterocycles. The van der Waals surface area contributed by atoms with Crippen LogP contribution in [0, 0.1) is 5.92 Å². The number of benzene rings is 1. The van der Waals surface area contributed by atoms with Crippen LogP contribution in [0.15, 0.2) is 33.0 Å². The number of amides is 1. The zero-order valence-corrected chi connectivity index (χ0v) is 26.4. The highest BCUT2D eigenvalue weighted by molar-refractivity contribution is 9.10. The molecule has 2 N–H and O–H groups in total. The molecule has 2 saturated heterocycles. The number of hydrogen-bond acceptors (Lipinski definition) is 12. The number of imidazole rings is 1. The van der Waals surface area contributed by atoms with Gasteiger partial charge in [0.1, 0.15) is 6.33 Å². The quantitative estimate of drug-likeness (QED) is 0.350. The first-order valence-electron chi connectivity index (χ1n) is 14.3. The Labute approximate surface area is 261 Å². The fourth-order valence-corrected chi connectivity index (χ4v) is 7.03. The Hall–Kier alpha value is -3.14. The largest absolute Gasteiger partial charge is 0.454 e. The molecule has 0 radical (unpaired) electrons. The lowest BCUT2D eigenvalue weighted by atomic mass is 9.93. The zero-order chi connectivity index (χ0) is 30.1. The Kier molecular flexibility index (Phi) is 8.93. The molecule has 230 valence electrons. The number of carbonyl (C=O) groups is 2. The van der Waals surface area contributed by atoms with Gasteiger partial charge < -0.3 is 39.0 Å². The highest BCUT2D eigenvalue weighted by Crippen LogP contribution is 2.43. The topological polar surface area (TPSA) is 147 Å². The Bertz CT molecular complexity index is 1510. The SMILES string of the molecule is C[C@H](OC(=O)[C@@H]1CN(C)CCO1)C(=O)N1CCC(CCn2c(Sc3cc4c(cc3Br)OCO4)nc3c(N)ncnc32)CC1. The fourth-order valence-electron chi connectivity index (χ4n) is 5.52. The van der Waals surface area contributed by atoms with Crippen molar-refractivity contribution in [1.29, 1.82) is 0 Å². The van der Waals surface area contributed by atoms with E-state index < -0.39 is 18.2 Å². The van der Waals surface area contributed by atoms with Crippen LogP contribution >= 0.6 is 27.7 Å². The number of aromatic nitrogens is 4. The van der Waals surface area contributed by atoms with Crippen LogP contribution in [0.2, 0.25) is 0 Å². The lowest BCUT2D eigenvalue weighted by molar-refractivity contribution is -0.172. The van der Waals surface area contributed by atoms with Gasteiger partial charge in [-0.1, -0.05) is 11.8 Å². The summed E-state index contributed by atoms with van der Waals surface area (Å²) in [4.78, 5) is 43.8. The number of piperidine rings is 1. The summed E-state index contributed by atoms with van der Waals surface area (Å²) in [5, 5.41) is 0.748. The van der Waals surface area contributed by atoms with Gasteiger partial charge in [0.25, 0.3) is 5.91 Å². The van der Waals surface area contributed by atoms with Gasteiger partial charge in [0.2, 0.25) is 6.79 Å². The summed E-state index contributed by atoms with van der Waals surface area (Å²) >= 11 is 5.13. The van der Waals surface area contributed by atoms with Gasteiger partial charge >= 0.3 is 5.97 Å². The van der Waals surface area contributed by atoms with E-state index in [-0.39, 0.29) is 12.7 Å². The highest BCUT2D eigenvalue weighted by Gasteiger charge is 2.32. The van der Waals surface area contributed by atoms with E-state index in [2.05, 4.69) is 30.5 Å². The van der Waals surface area contributed by atoms with Crippen molar-refractivity contribution in [1.82, 2.24) is 29.3 Å². The van der Waals surface area contributed by atoms with E-state index in [9.17, 15) is 9.59 Å². The number of ether oxygens (including phenoxy) is 4. The first-order valence-corrected chi connectivity index (χ1v) is 15.9. The molecule has 13 nitrogen and oxygen atoms in total. The van der Waals surface area contributed by atoms with Gasteiger partial charge in [-0.15, -0.1) is 0 Å². The van der Waals surface area contributed by atoms with Crippen LogP contribution in [0.4, 0.5) is 5.82 Å². The molecule has 43 heavy (non-hydrogen) atoms. The summed E-state index contributed by atoms with van der Waals surface area (Å²) in [7, 11) is 1.93. The first kappa shape index (κ1) is 29.9. The van der Waals surface area contributed by atoms with Crippen molar-refractivity contribution >= 4 is 56.6 Å². The summed E-state index contributed by atoms with van der Waals surface area (Å²) in [6.07, 6.45) is 2.53. The van der Waals surface area contributed by atoms with E-state index in [0.29, 0.717) is 67.2 Å². The van der Waals surface area contributed by atoms with Crippen molar-refractivity contribution in [2.75, 3.05) is 52.4 Å². The standard InChI is InChI=1S/C28H34BrN7O6S/c1-16(42-27(38)21-13-34(2)9-10-39-21)26(37)35-6-3-17(4-7-35)5-8-36-25-23(24(30)31-14-32-25)33-28(36)43-22-12-20-19(11-18(22)29)40-15-41-20/h11-12,14,16-17,21H,3-10,13,15H2,1-2H3,(H2,30,31,32)/t16-,21-/m0/s1. The lowest BCUT2D eigenvalue weighted by Gasteiger charge is -2.34. The minimum Gasteiger partial charge on any atom is -0.454 e. The Morgan fingerprint density at radius 2 is 1.95 bits per heavy atom. The molecule has 1 aromatic carbocycles. The van der Waals surface area contributed by atoms with Crippen molar-refractivity contribution in [3.63, 3.8) is 0 Å². The number of morpholine rings is 1. The maximum Gasteiger partial charge on any atom is 0.337 e. The van der Waals surface area contributed by atoms with E-state index in [0.717, 1.165) is 40.3 Å². The molecular weight excluding hydrogens is 642 g/mol. The monoisotopic (exact) mass is 675 g/mol. The number of aryl methyl sites for hydroxylation is 1. The normalized spacial score (nSPS) is 20.0. The number of halogens is 1.